The zero-order valence-corrected chi connectivity index (χ0v) is 13.3. The molecule has 120 valence electrons. The van der Waals surface area contributed by atoms with E-state index in [0.29, 0.717) is 10.7 Å². The average Bonchev–Trinajstić information content (AvgIpc) is 2.54. The lowest BCUT2D eigenvalue weighted by Crippen LogP contribution is -2.86. The summed E-state index contributed by atoms with van der Waals surface area (Å²) in [6, 6.07) is 13.4. The van der Waals surface area contributed by atoms with Gasteiger partial charge in [0.2, 0.25) is 0 Å². The number of nitrogens with one attached hydrogen (secondary N) is 1. The summed E-state index contributed by atoms with van der Waals surface area (Å²) in [5.74, 6) is -0.167. The first-order valence-electron chi connectivity index (χ1n) is 7.09. The summed E-state index contributed by atoms with van der Waals surface area (Å²) in [7, 11) is 0. The van der Waals surface area contributed by atoms with Gasteiger partial charge < -0.3 is 10.6 Å². The highest BCUT2D eigenvalue weighted by molar-refractivity contribution is 6.30. The standard InChI is InChI=1S/C16H16ClN3O3/c1-11(12-2-4-13(17)5-3-12)18-10-16(21)19-14-6-8-15(9-7-14)20(22)23/h2-9,11,18H,10H2,1H3,(H,19,21)/p+1/t11-/m0/s1. The Hall–Kier alpha value is -2.44. The van der Waals surface area contributed by atoms with Gasteiger partial charge in [0, 0.05) is 28.4 Å². The number of amides is 1. The second-order valence-corrected chi connectivity index (χ2v) is 5.57. The maximum atomic E-state index is 11.9. The molecular weight excluding hydrogens is 318 g/mol. The maximum Gasteiger partial charge on any atom is 0.279 e. The van der Waals surface area contributed by atoms with Gasteiger partial charge in [0.05, 0.1) is 4.92 Å². The van der Waals surface area contributed by atoms with E-state index in [1.807, 2.05) is 36.5 Å². The van der Waals surface area contributed by atoms with Gasteiger partial charge in [0.15, 0.2) is 6.54 Å². The van der Waals surface area contributed by atoms with Gasteiger partial charge in [-0.1, -0.05) is 23.7 Å². The summed E-state index contributed by atoms with van der Waals surface area (Å²) in [6.07, 6.45) is 0. The van der Waals surface area contributed by atoms with Crippen LogP contribution in [0, 0.1) is 10.1 Å². The Bertz CT molecular complexity index is 687. The third-order valence-electron chi connectivity index (χ3n) is 3.41. The molecule has 0 aliphatic carbocycles. The zero-order valence-electron chi connectivity index (χ0n) is 12.5. The van der Waals surface area contributed by atoms with Crippen molar-refractivity contribution in [1.82, 2.24) is 0 Å². The summed E-state index contributed by atoms with van der Waals surface area (Å²) in [5.41, 5.74) is 1.61. The smallest absolute Gasteiger partial charge is 0.279 e. The number of nitrogens with two attached hydrogens (primary N) is 1. The Labute approximate surface area is 138 Å². The minimum Gasteiger partial charge on any atom is -0.333 e. The number of rotatable bonds is 6. The van der Waals surface area contributed by atoms with E-state index < -0.39 is 4.92 Å². The number of anilines is 1. The number of hydrogen-bond acceptors (Lipinski definition) is 3. The van der Waals surface area contributed by atoms with Gasteiger partial charge in [-0.2, -0.15) is 0 Å². The van der Waals surface area contributed by atoms with Crippen LogP contribution in [0.5, 0.6) is 0 Å². The molecule has 0 heterocycles. The van der Waals surface area contributed by atoms with Gasteiger partial charge in [0.1, 0.15) is 6.04 Å². The van der Waals surface area contributed by atoms with Crippen molar-refractivity contribution in [2.24, 2.45) is 0 Å². The van der Waals surface area contributed by atoms with Gasteiger partial charge in [-0.25, -0.2) is 0 Å². The Morgan fingerprint density at radius 3 is 2.39 bits per heavy atom. The predicted octanol–water partition coefficient (Wildman–Crippen LogP) is 2.51. The normalized spacial score (nSPS) is 11.7. The van der Waals surface area contributed by atoms with Crippen LogP contribution in [0.15, 0.2) is 48.5 Å². The van der Waals surface area contributed by atoms with E-state index in [1.54, 1.807) is 0 Å². The molecule has 0 saturated heterocycles. The number of carbonyl (C=O) groups is 1. The molecule has 0 aliphatic rings. The fourth-order valence-corrected chi connectivity index (χ4v) is 2.19. The number of nitro benzene ring substituents is 1. The van der Waals surface area contributed by atoms with Gasteiger partial charge >= 0.3 is 0 Å². The molecule has 2 rings (SSSR count). The highest BCUT2D eigenvalue weighted by Gasteiger charge is 2.12. The van der Waals surface area contributed by atoms with E-state index in [4.69, 9.17) is 11.6 Å². The van der Waals surface area contributed by atoms with Crippen molar-refractivity contribution in [1.29, 1.82) is 0 Å². The molecule has 7 heteroatoms. The molecule has 6 nitrogen and oxygen atoms in total. The van der Waals surface area contributed by atoms with E-state index in [9.17, 15) is 14.9 Å². The molecule has 23 heavy (non-hydrogen) atoms. The Morgan fingerprint density at radius 2 is 1.83 bits per heavy atom. The number of nitro groups is 1. The Kier molecular flexibility index (Phi) is 5.67. The molecule has 2 aromatic rings. The number of nitrogens with zero attached hydrogens (tertiary/aromatic N) is 1. The van der Waals surface area contributed by atoms with Gasteiger partial charge in [-0.05, 0) is 31.2 Å². The molecule has 0 saturated carbocycles. The lowest BCUT2D eigenvalue weighted by molar-refractivity contribution is -0.682. The van der Waals surface area contributed by atoms with E-state index in [0.717, 1.165) is 5.56 Å². The van der Waals surface area contributed by atoms with Crippen LogP contribution in [-0.2, 0) is 4.79 Å². The fraction of sp³-hybridized carbons (Fsp3) is 0.188. The molecule has 3 N–H and O–H groups in total. The summed E-state index contributed by atoms with van der Waals surface area (Å²) in [4.78, 5) is 22.0. The number of hydrogen-bond donors (Lipinski definition) is 2. The highest BCUT2D eigenvalue weighted by Crippen LogP contribution is 2.15. The average molecular weight is 335 g/mol. The fourth-order valence-electron chi connectivity index (χ4n) is 2.06. The zero-order chi connectivity index (χ0) is 16.8. The van der Waals surface area contributed by atoms with Crippen LogP contribution in [0.25, 0.3) is 0 Å². The van der Waals surface area contributed by atoms with Crippen LogP contribution in [0.1, 0.15) is 18.5 Å². The van der Waals surface area contributed by atoms with Crippen molar-refractivity contribution in [3.05, 3.63) is 69.2 Å². The number of quaternary nitrogens is 1. The van der Waals surface area contributed by atoms with E-state index in [2.05, 4.69) is 5.32 Å². The second-order valence-electron chi connectivity index (χ2n) is 5.13. The van der Waals surface area contributed by atoms with Crippen LogP contribution in [0.3, 0.4) is 0 Å². The molecule has 1 atom stereocenters. The maximum absolute atomic E-state index is 11.9. The molecular formula is C16H17ClN3O3+. The Morgan fingerprint density at radius 1 is 1.22 bits per heavy atom. The quantitative estimate of drug-likeness (QED) is 0.628. The lowest BCUT2D eigenvalue weighted by atomic mass is 10.1. The van der Waals surface area contributed by atoms with Crippen LogP contribution < -0.4 is 10.6 Å². The topological polar surface area (TPSA) is 88.8 Å². The SMILES string of the molecule is C[C@H]([NH2+]CC(=O)Nc1ccc([N+](=O)[O-])cc1)c1ccc(Cl)cc1. The van der Waals surface area contributed by atoms with Crippen molar-refractivity contribution in [3.8, 4) is 0 Å². The Balaban J connectivity index is 1.84. The summed E-state index contributed by atoms with van der Waals surface area (Å²) < 4.78 is 0. The number of non-ortho nitro benzene ring substituents is 1. The van der Waals surface area contributed by atoms with Gasteiger partial charge in [-0.15, -0.1) is 0 Å². The number of halogens is 1. The third-order valence-corrected chi connectivity index (χ3v) is 3.67. The summed E-state index contributed by atoms with van der Waals surface area (Å²) >= 11 is 5.85. The summed E-state index contributed by atoms with van der Waals surface area (Å²) in [6.45, 7) is 2.25. The van der Waals surface area contributed by atoms with Crippen LogP contribution in [0.4, 0.5) is 11.4 Å². The van der Waals surface area contributed by atoms with Crippen LogP contribution >= 0.6 is 11.6 Å². The van der Waals surface area contributed by atoms with Crippen molar-refractivity contribution in [2.45, 2.75) is 13.0 Å². The van der Waals surface area contributed by atoms with E-state index >= 15 is 0 Å². The first-order valence-corrected chi connectivity index (χ1v) is 7.46. The van der Waals surface area contributed by atoms with Crippen molar-refractivity contribution < 1.29 is 15.0 Å². The van der Waals surface area contributed by atoms with Gasteiger partial charge in [-0.3, -0.25) is 14.9 Å². The first kappa shape index (κ1) is 16.9. The third kappa shape index (κ3) is 5.05. The molecule has 0 aromatic heterocycles. The first-order chi connectivity index (χ1) is 11.0. The molecule has 1 amide bonds. The van der Waals surface area contributed by atoms with E-state index in [1.165, 1.54) is 24.3 Å². The molecule has 0 fully saturated rings. The molecule has 2 aromatic carbocycles. The molecule has 0 radical (unpaired) electrons. The molecule has 0 aliphatic heterocycles. The molecule has 0 spiro atoms. The van der Waals surface area contributed by atoms with Crippen molar-refractivity contribution in [2.75, 3.05) is 11.9 Å². The number of carbonyl (C=O) groups excluding carboxylic acids is 1. The highest BCUT2D eigenvalue weighted by atomic mass is 35.5. The minimum absolute atomic E-state index is 0.00841. The predicted molar refractivity (Wildman–Crippen MR) is 88.4 cm³/mol. The van der Waals surface area contributed by atoms with Crippen molar-refractivity contribution >= 4 is 28.9 Å². The minimum atomic E-state index is -0.479. The van der Waals surface area contributed by atoms with Crippen molar-refractivity contribution in [3.63, 3.8) is 0 Å². The van der Waals surface area contributed by atoms with E-state index in [-0.39, 0.29) is 24.2 Å². The summed E-state index contributed by atoms with van der Waals surface area (Å²) in [5, 5.41) is 15.9. The van der Waals surface area contributed by atoms with Crippen LogP contribution in [0.2, 0.25) is 5.02 Å². The lowest BCUT2D eigenvalue weighted by Gasteiger charge is -2.11. The van der Waals surface area contributed by atoms with Gasteiger partial charge in [0.25, 0.3) is 11.6 Å². The molecule has 0 bridgehead atoms. The van der Waals surface area contributed by atoms with Crippen LogP contribution in [-0.4, -0.2) is 17.4 Å². The second kappa shape index (κ2) is 7.71. The largest absolute Gasteiger partial charge is 0.333 e. The molecule has 0 unspecified atom stereocenters. The monoisotopic (exact) mass is 334 g/mol. The number of benzene rings is 2.